The molecular formula is C17H18ClN5O. The van der Waals surface area contributed by atoms with Crippen molar-refractivity contribution < 1.29 is 5.11 Å². The van der Waals surface area contributed by atoms with Gasteiger partial charge < -0.3 is 10.4 Å². The highest BCUT2D eigenvalue weighted by Gasteiger charge is 2.24. The van der Waals surface area contributed by atoms with E-state index in [2.05, 4.69) is 20.8 Å². The fraction of sp³-hybridized carbons (Fsp3) is 0.235. The monoisotopic (exact) mass is 343 g/mol. The van der Waals surface area contributed by atoms with E-state index in [1.165, 1.54) is 0 Å². The van der Waals surface area contributed by atoms with E-state index in [-0.39, 0.29) is 6.54 Å². The minimum absolute atomic E-state index is 0.236. The normalized spacial score (nSPS) is 13.5. The number of rotatable bonds is 5. The van der Waals surface area contributed by atoms with Crippen molar-refractivity contribution >= 4 is 17.5 Å². The van der Waals surface area contributed by atoms with Crippen molar-refractivity contribution in [3.63, 3.8) is 0 Å². The van der Waals surface area contributed by atoms with Crippen LogP contribution in [0.1, 0.15) is 18.1 Å². The quantitative estimate of drug-likeness (QED) is 0.745. The van der Waals surface area contributed by atoms with Gasteiger partial charge in [0.1, 0.15) is 5.60 Å². The molecule has 7 heteroatoms. The Balaban J connectivity index is 1.78. The van der Waals surface area contributed by atoms with E-state index in [1.54, 1.807) is 23.7 Å². The second-order valence-corrected chi connectivity index (χ2v) is 6.32. The Morgan fingerprint density at radius 2 is 1.96 bits per heavy atom. The average Bonchev–Trinajstić information content (AvgIpc) is 3.02. The summed E-state index contributed by atoms with van der Waals surface area (Å²) in [5, 5.41) is 26.1. The first-order chi connectivity index (χ1) is 11.5. The van der Waals surface area contributed by atoms with Crippen molar-refractivity contribution in [2.75, 3.05) is 11.9 Å². The van der Waals surface area contributed by atoms with Crippen LogP contribution in [0.5, 0.6) is 0 Å². The van der Waals surface area contributed by atoms with Gasteiger partial charge >= 0.3 is 0 Å². The summed E-state index contributed by atoms with van der Waals surface area (Å²) in [5.41, 5.74) is 1.60. The molecule has 3 rings (SSSR count). The second kappa shape index (κ2) is 6.59. The Labute approximate surface area is 145 Å². The maximum absolute atomic E-state index is 10.7. The highest BCUT2D eigenvalue weighted by molar-refractivity contribution is 6.30. The summed E-state index contributed by atoms with van der Waals surface area (Å²) in [6, 6.07) is 15.0. The largest absolute Gasteiger partial charge is 0.384 e. The lowest BCUT2D eigenvalue weighted by Gasteiger charge is -2.24. The first-order valence-corrected chi connectivity index (χ1v) is 7.91. The third-order valence-electron chi connectivity index (χ3n) is 3.79. The lowest BCUT2D eigenvalue weighted by molar-refractivity contribution is 0.0713. The number of anilines is 1. The van der Waals surface area contributed by atoms with Crippen LogP contribution in [-0.2, 0) is 5.60 Å². The minimum Gasteiger partial charge on any atom is -0.384 e. The molecule has 0 radical (unpaired) electrons. The van der Waals surface area contributed by atoms with E-state index in [4.69, 9.17) is 11.6 Å². The van der Waals surface area contributed by atoms with Crippen molar-refractivity contribution in [3.8, 4) is 5.69 Å². The summed E-state index contributed by atoms with van der Waals surface area (Å²) in [6.07, 6.45) is 0. The minimum atomic E-state index is -1.12. The van der Waals surface area contributed by atoms with Gasteiger partial charge in [-0.05, 0) is 54.1 Å². The molecule has 1 atom stereocenters. The third-order valence-corrected chi connectivity index (χ3v) is 4.02. The Hall–Kier alpha value is -2.44. The molecule has 124 valence electrons. The van der Waals surface area contributed by atoms with Crippen molar-refractivity contribution in [3.05, 3.63) is 64.7 Å². The molecule has 6 nitrogen and oxygen atoms in total. The van der Waals surface area contributed by atoms with Crippen molar-refractivity contribution in [2.45, 2.75) is 19.4 Å². The van der Waals surface area contributed by atoms with Crippen LogP contribution in [0.4, 0.5) is 5.95 Å². The van der Waals surface area contributed by atoms with Gasteiger partial charge in [-0.25, -0.2) is 0 Å². The molecule has 24 heavy (non-hydrogen) atoms. The summed E-state index contributed by atoms with van der Waals surface area (Å²) >= 11 is 6.00. The van der Waals surface area contributed by atoms with Crippen LogP contribution >= 0.6 is 11.6 Å². The molecule has 1 heterocycles. The lowest BCUT2D eigenvalue weighted by atomic mass is 9.96. The number of aryl methyl sites for hydroxylation is 1. The van der Waals surface area contributed by atoms with Crippen molar-refractivity contribution in [1.29, 1.82) is 0 Å². The molecule has 0 spiro atoms. The summed E-state index contributed by atoms with van der Waals surface area (Å²) in [7, 11) is 0. The SMILES string of the molecule is Cc1ccc(-n2nnnc2NCC(C)(O)c2cccc(Cl)c2)cc1. The zero-order chi connectivity index (χ0) is 17.2. The smallest absolute Gasteiger partial charge is 0.247 e. The molecule has 2 N–H and O–H groups in total. The van der Waals surface area contributed by atoms with E-state index >= 15 is 0 Å². The van der Waals surface area contributed by atoms with Crippen LogP contribution in [0, 0.1) is 6.92 Å². The van der Waals surface area contributed by atoms with Gasteiger partial charge in [-0.15, -0.1) is 0 Å². The summed E-state index contributed by atoms with van der Waals surface area (Å²) in [6.45, 7) is 3.97. The molecule has 0 amide bonds. The number of hydrogen-bond acceptors (Lipinski definition) is 5. The predicted molar refractivity (Wildman–Crippen MR) is 93.4 cm³/mol. The molecule has 1 aromatic heterocycles. The number of nitrogens with one attached hydrogen (secondary N) is 1. The second-order valence-electron chi connectivity index (χ2n) is 5.89. The number of halogens is 1. The zero-order valence-corrected chi connectivity index (χ0v) is 14.2. The van der Waals surface area contributed by atoms with Crippen LogP contribution < -0.4 is 5.32 Å². The average molecular weight is 344 g/mol. The number of benzene rings is 2. The van der Waals surface area contributed by atoms with Crippen LogP contribution in [-0.4, -0.2) is 31.9 Å². The Bertz CT molecular complexity index is 829. The third kappa shape index (κ3) is 3.55. The van der Waals surface area contributed by atoms with Gasteiger partial charge in [-0.3, -0.25) is 0 Å². The van der Waals surface area contributed by atoms with Gasteiger partial charge in [0.05, 0.1) is 12.2 Å². The molecule has 0 saturated carbocycles. The Morgan fingerprint density at radius 3 is 2.67 bits per heavy atom. The van der Waals surface area contributed by atoms with Crippen LogP contribution in [0.15, 0.2) is 48.5 Å². The lowest BCUT2D eigenvalue weighted by Crippen LogP contribution is -2.31. The number of nitrogens with zero attached hydrogens (tertiary/aromatic N) is 4. The van der Waals surface area contributed by atoms with E-state index in [9.17, 15) is 5.11 Å². The van der Waals surface area contributed by atoms with E-state index in [0.717, 1.165) is 16.8 Å². The summed E-state index contributed by atoms with van der Waals surface area (Å²) in [4.78, 5) is 0. The fourth-order valence-electron chi connectivity index (χ4n) is 2.33. The molecule has 0 saturated heterocycles. The molecule has 2 aromatic carbocycles. The first kappa shape index (κ1) is 16.4. The van der Waals surface area contributed by atoms with Crippen LogP contribution in [0.2, 0.25) is 5.02 Å². The van der Waals surface area contributed by atoms with Crippen molar-refractivity contribution in [2.24, 2.45) is 0 Å². The van der Waals surface area contributed by atoms with Gasteiger partial charge in [-0.2, -0.15) is 4.68 Å². The van der Waals surface area contributed by atoms with Gasteiger partial charge in [0, 0.05) is 5.02 Å². The summed E-state index contributed by atoms with van der Waals surface area (Å²) < 4.78 is 1.59. The van der Waals surface area contributed by atoms with E-state index in [1.807, 2.05) is 43.3 Å². The molecule has 0 aliphatic heterocycles. The van der Waals surface area contributed by atoms with Crippen LogP contribution in [0.3, 0.4) is 0 Å². The highest BCUT2D eigenvalue weighted by Crippen LogP contribution is 2.24. The zero-order valence-electron chi connectivity index (χ0n) is 13.4. The van der Waals surface area contributed by atoms with E-state index < -0.39 is 5.60 Å². The number of aromatic nitrogens is 4. The number of hydrogen-bond donors (Lipinski definition) is 2. The highest BCUT2D eigenvalue weighted by atomic mass is 35.5. The Kier molecular flexibility index (Phi) is 4.51. The molecule has 0 aliphatic rings. The number of aliphatic hydroxyl groups is 1. The number of tetrazole rings is 1. The molecule has 0 aliphatic carbocycles. The van der Waals surface area contributed by atoms with Gasteiger partial charge in [0.15, 0.2) is 0 Å². The topological polar surface area (TPSA) is 75.9 Å². The summed E-state index contributed by atoms with van der Waals surface area (Å²) in [5.74, 6) is 0.459. The van der Waals surface area contributed by atoms with Gasteiger partial charge in [0.25, 0.3) is 0 Å². The molecule has 0 fully saturated rings. The molecule has 1 unspecified atom stereocenters. The molecule has 3 aromatic rings. The fourth-order valence-corrected chi connectivity index (χ4v) is 2.52. The maximum atomic E-state index is 10.7. The molecule has 0 bridgehead atoms. The molecular weight excluding hydrogens is 326 g/mol. The van der Waals surface area contributed by atoms with E-state index in [0.29, 0.717) is 11.0 Å². The first-order valence-electron chi connectivity index (χ1n) is 7.53. The maximum Gasteiger partial charge on any atom is 0.247 e. The van der Waals surface area contributed by atoms with Crippen LogP contribution in [0.25, 0.3) is 5.69 Å². The van der Waals surface area contributed by atoms with Crippen molar-refractivity contribution in [1.82, 2.24) is 20.2 Å². The van der Waals surface area contributed by atoms with Gasteiger partial charge in [-0.1, -0.05) is 46.5 Å². The van der Waals surface area contributed by atoms with Gasteiger partial charge in [0.2, 0.25) is 5.95 Å². The predicted octanol–water partition coefficient (Wildman–Crippen LogP) is 2.94. The Morgan fingerprint density at radius 1 is 1.21 bits per heavy atom. The standard InChI is InChI=1S/C17H18ClN5O/c1-12-6-8-15(9-7-12)23-16(20-21-22-23)19-11-17(2,24)13-4-3-5-14(18)10-13/h3-10,24H,11H2,1-2H3,(H,19,20,22).